The molecule has 0 saturated carbocycles. The van der Waals surface area contributed by atoms with Crippen molar-refractivity contribution in [1.29, 1.82) is 0 Å². The quantitative estimate of drug-likeness (QED) is 0.918. The first-order chi connectivity index (χ1) is 8.72. The van der Waals surface area contributed by atoms with Crippen molar-refractivity contribution in [2.24, 2.45) is 0 Å². The van der Waals surface area contributed by atoms with Gasteiger partial charge < -0.3 is 15.2 Å². The van der Waals surface area contributed by atoms with Crippen molar-refractivity contribution >= 4 is 17.3 Å². The van der Waals surface area contributed by atoms with Crippen molar-refractivity contribution in [1.82, 2.24) is 9.97 Å². The van der Waals surface area contributed by atoms with Crippen LogP contribution in [0.25, 0.3) is 0 Å². The van der Waals surface area contributed by atoms with Crippen LogP contribution in [0.3, 0.4) is 0 Å². The fraction of sp³-hybridized carbons (Fsp3) is 0.167. The van der Waals surface area contributed by atoms with Crippen LogP contribution in [0.4, 0.5) is 5.69 Å². The summed E-state index contributed by atoms with van der Waals surface area (Å²) in [6.45, 7) is 0.282. The van der Waals surface area contributed by atoms with Crippen LogP contribution >= 0.6 is 11.6 Å². The summed E-state index contributed by atoms with van der Waals surface area (Å²) < 4.78 is 10.5. The molecule has 0 saturated heterocycles. The summed E-state index contributed by atoms with van der Waals surface area (Å²) in [5.74, 6) is 0.570. The number of hydrogen-bond acceptors (Lipinski definition) is 5. The van der Waals surface area contributed by atoms with E-state index in [1.807, 2.05) is 18.2 Å². The van der Waals surface area contributed by atoms with Crippen molar-refractivity contribution in [2.75, 3.05) is 12.8 Å². The number of anilines is 1. The monoisotopic (exact) mass is 265 g/mol. The van der Waals surface area contributed by atoms with Crippen molar-refractivity contribution in [3.8, 4) is 11.8 Å². The molecular weight excluding hydrogens is 254 g/mol. The molecule has 0 unspecified atom stereocenters. The summed E-state index contributed by atoms with van der Waals surface area (Å²) in [4.78, 5) is 7.82. The first-order valence-corrected chi connectivity index (χ1v) is 5.61. The first kappa shape index (κ1) is 12.4. The Kier molecular flexibility index (Phi) is 3.84. The summed E-state index contributed by atoms with van der Waals surface area (Å²) >= 11 is 6.02. The number of halogens is 1. The van der Waals surface area contributed by atoms with Gasteiger partial charge in [-0.05, 0) is 6.07 Å². The van der Waals surface area contributed by atoms with E-state index in [9.17, 15) is 0 Å². The second kappa shape index (κ2) is 5.55. The van der Waals surface area contributed by atoms with Crippen molar-refractivity contribution < 1.29 is 9.47 Å². The average molecular weight is 266 g/mol. The lowest BCUT2D eigenvalue weighted by molar-refractivity contribution is 0.292. The lowest BCUT2D eigenvalue weighted by Crippen LogP contribution is -2.04. The molecule has 0 aliphatic rings. The number of ether oxygens (including phenoxy) is 2. The molecule has 0 radical (unpaired) electrons. The normalized spacial score (nSPS) is 10.1. The molecule has 2 aromatic rings. The zero-order chi connectivity index (χ0) is 13.0. The van der Waals surface area contributed by atoms with Gasteiger partial charge in [-0.2, -0.15) is 9.97 Å². The Morgan fingerprint density at radius 1 is 1.22 bits per heavy atom. The van der Waals surface area contributed by atoms with Gasteiger partial charge in [-0.25, -0.2) is 0 Å². The highest BCUT2D eigenvalue weighted by atomic mass is 35.5. The number of aromatic nitrogens is 2. The van der Waals surface area contributed by atoms with E-state index in [1.165, 1.54) is 13.4 Å². The minimum Gasteiger partial charge on any atom is -0.479 e. The van der Waals surface area contributed by atoms with Gasteiger partial charge in [0, 0.05) is 10.6 Å². The van der Waals surface area contributed by atoms with Crippen LogP contribution in [0.15, 0.2) is 30.6 Å². The maximum atomic E-state index is 6.02. The number of methoxy groups -OCH3 is 1. The molecule has 1 heterocycles. The molecule has 0 amide bonds. The van der Waals surface area contributed by atoms with Crippen LogP contribution in [0, 0.1) is 0 Å². The third-order valence-corrected chi connectivity index (χ3v) is 2.70. The Labute approximate surface area is 110 Å². The minimum absolute atomic E-state index is 0.270. The fourth-order valence-corrected chi connectivity index (χ4v) is 1.59. The fourth-order valence-electron chi connectivity index (χ4n) is 1.40. The Morgan fingerprint density at radius 3 is 2.67 bits per heavy atom. The van der Waals surface area contributed by atoms with Gasteiger partial charge in [0.15, 0.2) is 5.69 Å². The smallest absolute Gasteiger partial charge is 0.244 e. The van der Waals surface area contributed by atoms with Crippen molar-refractivity contribution in [2.45, 2.75) is 6.61 Å². The molecule has 2 rings (SSSR count). The zero-order valence-corrected chi connectivity index (χ0v) is 10.5. The SMILES string of the molecule is COc1ncnc(OCc2ccccc2Cl)c1N. The largest absolute Gasteiger partial charge is 0.479 e. The van der Waals surface area contributed by atoms with Gasteiger partial charge >= 0.3 is 0 Å². The van der Waals surface area contributed by atoms with Gasteiger partial charge in [0.2, 0.25) is 11.8 Å². The van der Waals surface area contributed by atoms with Gasteiger partial charge in [0.05, 0.1) is 7.11 Å². The number of nitrogens with zero attached hydrogens (tertiary/aromatic N) is 2. The summed E-state index contributed by atoms with van der Waals surface area (Å²) in [6, 6.07) is 7.41. The first-order valence-electron chi connectivity index (χ1n) is 5.23. The van der Waals surface area contributed by atoms with Crippen LogP contribution in [-0.4, -0.2) is 17.1 Å². The van der Waals surface area contributed by atoms with Gasteiger partial charge in [-0.3, -0.25) is 0 Å². The third-order valence-electron chi connectivity index (χ3n) is 2.33. The van der Waals surface area contributed by atoms with E-state index < -0.39 is 0 Å². The van der Waals surface area contributed by atoms with Crippen LogP contribution in [0.2, 0.25) is 5.02 Å². The molecule has 2 N–H and O–H groups in total. The second-order valence-electron chi connectivity index (χ2n) is 3.48. The topological polar surface area (TPSA) is 70.3 Å². The molecule has 0 fully saturated rings. The highest BCUT2D eigenvalue weighted by molar-refractivity contribution is 6.31. The van der Waals surface area contributed by atoms with Crippen molar-refractivity contribution in [3.05, 3.63) is 41.2 Å². The zero-order valence-electron chi connectivity index (χ0n) is 9.76. The number of rotatable bonds is 4. The minimum atomic E-state index is 0.270. The third kappa shape index (κ3) is 2.62. The van der Waals surface area contributed by atoms with Crippen LogP contribution in [0.1, 0.15) is 5.56 Å². The highest BCUT2D eigenvalue weighted by Crippen LogP contribution is 2.27. The summed E-state index contributed by atoms with van der Waals surface area (Å²) in [7, 11) is 1.48. The summed E-state index contributed by atoms with van der Waals surface area (Å²) in [5, 5.41) is 0.636. The van der Waals surface area contributed by atoms with Crippen LogP contribution < -0.4 is 15.2 Å². The van der Waals surface area contributed by atoms with E-state index in [2.05, 4.69) is 9.97 Å². The number of benzene rings is 1. The molecule has 0 bridgehead atoms. The molecule has 1 aromatic carbocycles. The van der Waals surface area contributed by atoms with Crippen LogP contribution in [0.5, 0.6) is 11.8 Å². The van der Waals surface area contributed by atoms with E-state index in [0.717, 1.165) is 5.56 Å². The predicted molar refractivity (Wildman–Crippen MR) is 68.8 cm³/mol. The lowest BCUT2D eigenvalue weighted by Gasteiger charge is -2.10. The Bertz CT molecular complexity index is 549. The molecule has 1 aromatic heterocycles. The Morgan fingerprint density at radius 2 is 1.94 bits per heavy atom. The molecular formula is C12H12ClN3O2. The lowest BCUT2D eigenvalue weighted by atomic mass is 10.2. The molecule has 0 atom stereocenters. The van der Waals surface area contributed by atoms with Gasteiger partial charge in [-0.15, -0.1) is 0 Å². The molecule has 5 nitrogen and oxygen atoms in total. The Balaban J connectivity index is 2.14. The van der Waals surface area contributed by atoms with E-state index >= 15 is 0 Å². The average Bonchev–Trinajstić information content (AvgIpc) is 2.39. The number of nitrogens with two attached hydrogens (primary N) is 1. The number of hydrogen-bond donors (Lipinski definition) is 1. The maximum absolute atomic E-state index is 6.02. The summed E-state index contributed by atoms with van der Waals surface area (Å²) in [6.07, 6.45) is 1.33. The van der Waals surface area contributed by atoms with E-state index in [1.54, 1.807) is 6.07 Å². The molecule has 6 heteroatoms. The molecule has 0 aliphatic carbocycles. The van der Waals surface area contributed by atoms with Gasteiger partial charge in [-0.1, -0.05) is 29.8 Å². The van der Waals surface area contributed by atoms with Gasteiger partial charge in [0.25, 0.3) is 0 Å². The number of nitrogen functional groups attached to an aromatic ring is 1. The predicted octanol–water partition coefficient (Wildman–Crippen LogP) is 2.30. The van der Waals surface area contributed by atoms with Crippen molar-refractivity contribution in [3.63, 3.8) is 0 Å². The Hall–Kier alpha value is -2.01. The molecule has 94 valence electrons. The standard InChI is InChI=1S/C12H12ClN3O2/c1-17-11-10(14)12(16-7-15-11)18-6-8-4-2-3-5-9(8)13/h2-5,7H,6,14H2,1H3. The molecule has 18 heavy (non-hydrogen) atoms. The van der Waals surface area contributed by atoms with E-state index in [0.29, 0.717) is 10.9 Å². The van der Waals surface area contributed by atoms with E-state index in [-0.39, 0.29) is 18.2 Å². The van der Waals surface area contributed by atoms with E-state index in [4.69, 9.17) is 26.8 Å². The molecule has 0 spiro atoms. The highest BCUT2D eigenvalue weighted by Gasteiger charge is 2.10. The maximum Gasteiger partial charge on any atom is 0.244 e. The summed E-state index contributed by atoms with van der Waals surface area (Å²) in [5.41, 5.74) is 6.92. The van der Waals surface area contributed by atoms with Crippen LogP contribution in [-0.2, 0) is 6.61 Å². The molecule has 0 aliphatic heterocycles. The second-order valence-corrected chi connectivity index (χ2v) is 3.89. The van der Waals surface area contributed by atoms with Gasteiger partial charge in [0.1, 0.15) is 12.9 Å².